The number of fused-ring (bicyclic) bond motifs is 23. The Kier molecular flexibility index (Phi) is 14.8. The molecule has 6 aliphatic heterocycles. The summed E-state index contributed by atoms with van der Waals surface area (Å²) in [6, 6.07) is 33.5. The maximum Gasteiger partial charge on any atom is 0.286 e. The maximum absolute atomic E-state index is 15.1. The van der Waals surface area contributed by atoms with Crippen molar-refractivity contribution in [2.24, 2.45) is 0 Å². The first-order valence-electron chi connectivity index (χ1n) is 30.8. The number of carbonyl (C=O) groups excluding carboxylic acids is 4. The van der Waals surface area contributed by atoms with Crippen molar-refractivity contribution in [3.05, 3.63) is 190 Å². The second kappa shape index (κ2) is 22.6. The number of carbonyl (C=O) groups is 4. The number of nitrogens with zero attached hydrogens (tertiary/aromatic N) is 4. The summed E-state index contributed by atoms with van der Waals surface area (Å²) < 4.78 is 86.6. The summed E-state index contributed by atoms with van der Waals surface area (Å²) in [6.45, 7) is 6.39. The molecule has 12 aromatic rings. The van der Waals surface area contributed by atoms with E-state index in [-0.39, 0.29) is 79.7 Å². The first-order valence-corrected chi connectivity index (χ1v) is 30.8. The van der Waals surface area contributed by atoms with Gasteiger partial charge in [-0.2, -0.15) is 0 Å². The van der Waals surface area contributed by atoms with E-state index in [1.54, 1.807) is 15.2 Å². The van der Waals surface area contributed by atoms with Crippen molar-refractivity contribution in [1.82, 2.24) is 29.1 Å². The number of amides is 4. The average molecular weight is 1310 g/mol. The Hall–Kier alpha value is -9.40. The Labute approximate surface area is 543 Å². The molecule has 2 bridgehead atoms. The number of rotatable bonds is 8. The van der Waals surface area contributed by atoms with Gasteiger partial charge < -0.3 is 58.5 Å². The summed E-state index contributed by atoms with van der Waals surface area (Å²) in [7, 11) is 0. The highest BCUT2D eigenvalue weighted by atomic mass is 19.1. The van der Waals surface area contributed by atoms with Crippen LogP contribution in [0, 0.1) is 23.3 Å². The predicted octanol–water partition coefficient (Wildman–Crippen LogP) is 11.6. The Bertz CT molecular complexity index is 5290. The lowest BCUT2D eigenvalue weighted by Gasteiger charge is -2.36. The highest BCUT2D eigenvalue weighted by Crippen LogP contribution is 2.51. The maximum atomic E-state index is 15.1. The van der Waals surface area contributed by atoms with Gasteiger partial charge in [0.2, 0.25) is 0 Å². The zero-order valence-electron chi connectivity index (χ0n) is 50.2. The molecule has 8 aromatic carbocycles. The second-order valence-electron chi connectivity index (χ2n) is 25.9. The number of imide groups is 2. The van der Waals surface area contributed by atoms with Gasteiger partial charge in [0, 0.05) is 54.1 Å². The smallest absolute Gasteiger partial charge is 0.286 e. The highest BCUT2D eigenvalue weighted by Gasteiger charge is 2.55. The van der Waals surface area contributed by atoms with E-state index in [1.807, 2.05) is 54.6 Å². The van der Waals surface area contributed by atoms with Crippen molar-refractivity contribution in [2.75, 3.05) is 19.8 Å². The van der Waals surface area contributed by atoms with Crippen LogP contribution in [0.5, 0.6) is 0 Å². The summed E-state index contributed by atoms with van der Waals surface area (Å²) in [5, 5.41) is 47.3. The summed E-state index contributed by atoms with van der Waals surface area (Å²) >= 11 is 0. The number of aromatic nitrogens is 4. The quantitative estimate of drug-likeness (QED) is 0.0613. The molecule has 23 heteroatoms. The van der Waals surface area contributed by atoms with Crippen LogP contribution in [-0.4, -0.2) is 142 Å². The summed E-state index contributed by atoms with van der Waals surface area (Å²) in [5.74, 6) is -4.83. The van der Waals surface area contributed by atoms with Gasteiger partial charge in [-0.05, 0) is 101 Å². The van der Waals surface area contributed by atoms with Crippen LogP contribution in [0.2, 0.25) is 0 Å². The molecule has 96 heavy (non-hydrogen) atoms. The number of H-pyrrole nitrogens is 2. The molecular formula is C73H64F4N6O13. The van der Waals surface area contributed by atoms with Gasteiger partial charge >= 0.3 is 0 Å². The van der Waals surface area contributed by atoms with Gasteiger partial charge in [0.05, 0.1) is 81.7 Å². The van der Waals surface area contributed by atoms with E-state index in [2.05, 4.69) is 30.7 Å². The minimum atomic E-state index is -1.34. The number of hydrogen-bond donors (Lipinski definition) is 6. The van der Waals surface area contributed by atoms with Gasteiger partial charge in [0.15, 0.2) is 12.5 Å². The fraction of sp³-hybridized carbons (Fsp3) is 0.288. The monoisotopic (exact) mass is 1310 g/mol. The number of halogens is 4. The summed E-state index contributed by atoms with van der Waals surface area (Å²) in [5.41, 5.74) is 6.13. The molecule has 6 N–H and O–H groups in total. The van der Waals surface area contributed by atoms with Crippen molar-refractivity contribution < 1.29 is 81.0 Å². The van der Waals surface area contributed by atoms with Crippen LogP contribution in [0.4, 0.5) is 17.6 Å². The van der Waals surface area contributed by atoms with Crippen LogP contribution >= 0.6 is 0 Å². The predicted molar refractivity (Wildman–Crippen MR) is 348 cm³/mol. The summed E-state index contributed by atoms with van der Waals surface area (Å²) in [4.78, 5) is 70.9. The number of nitrogens with one attached hydrogen (secondary N) is 2. The first kappa shape index (κ1) is 62.7. The van der Waals surface area contributed by atoms with E-state index < -0.39 is 108 Å². The third-order valence-corrected chi connectivity index (χ3v) is 19.5. The number of aliphatic hydroxyl groups is 4. The minimum absolute atomic E-state index is 0. The molecule has 0 spiro atoms. The Morgan fingerprint density at radius 2 is 1.00 bits per heavy atom. The van der Waals surface area contributed by atoms with E-state index in [0.29, 0.717) is 87.9 Å². The van der Waals surface area contributed by atoms with E-state index in [0.717, 1.165) is 16.7 Å². The topological polar surface area (TPSA) is 243 Å². The summed E-state index contributed by atoms with van der Waals surface area (Å²) in [6.07, 6.45) is -9.73. The van der Waals surface area contributed by atoms with Crippen LogP contribution in [0.15, 0.2) is 127 Å². The molecule has 10 atom stereocenters. The van der Waals surface area contributed by atoms with Crippen LogP contribution < -0.4 is 0 Å². The molecule has 4 amide bonds. The van der Waals surface area contributed by atoms with Gasteiger partial charge in [-0.15, -0.1) is 5.06 Å². The second-order valence-corrected chi connectivity index (χ2v) is 25.9. The molecule has 4 aromatic heterocycles. The molecule has 10 heterocycles. The van der Waals surface area contributed by atoms with Crippen molar-refractivity contribution >= 4 is 111 Å². The van der Waals surface area contributed by atoms with Crippen LogP contribution in [0.3, 0.4) is 0 Å². The molecule has 19 nitrogen and oxygen atoms in total. The lowest BCUT2D eigenvalue weighted by atomic mass is 9.87. The average Bonchev–Trinajstić information content (AvgIpc) is 1.52. The number of aliphatic hydroxyl groups excluding tert-OH is 4. The number of hydroxylamine groups is 2. The van der Waals surface area contributed by atoms with Crippen molar-refractivity contribution in [1.29, 1.82) is 0 Å². The van der Waals surface area contributed by atoms with E-state index in [9.17, 15) is 52.8 Å². The van der Waals surface area contributed by atoms with Crippen LogP contribution in [0.1, 0.15) is 106 Å². The van der Waals surface area contributed by atoms with Crippen LogP contribution in [-0.2, 0) is 42.2 Å². The fourth-order valence-corrected chi connectivity index (χ4v) is 15.1. The molecule has 6 aliphatic rings. The number of benzene rings is 8. The lowest BCUT2D eigenvalue weighted by Crippen LogP contribution is -2.50. The minimum Gasteiger partial charge on any atom is -0.388 e. The third kappa shape index (κ3) is 9.12. The number of aromatic amines is 2. The van der Waals surface area contributed by atoms with Gasteiger partial charge in [0.1, 0.15) is 72.1 Å². The zero-order chi connectivity index (χ0) is 64.8. The standard InChI is InChI=1S/C37H31F2N3O6.C34H25F2N3O7.2CH4/c1-37(2,3)17-6-4-16(5-7-17)14-41-34(45)27-25-20-12-18(38)8-10-22(20)40-29(25)30-26(28(27)35(41)46)21-13-19(39)9-11-23(21)42(30)36-32(44)33-31(43)24(48-36)15-47-33;35-16-6-8-20-18(12-16)23-25-26(33(43)39(32(25)42)45-11-10-15-4-2-1-3-5-15)24-19-13-17(36)7-9-21(19)38(28(24)27(23)37-20)34-29(41)31-30(46-34)22(40)14-44-31;;/h4-13,24,31-33,36,40,43-44H,14-15H2,1-3H3;1-9,12-13,22,29-31,34,37,40-41H,10-11,14H2;2*1H4/t24?,31-,32-,33?,36-;22-,29-,30-,31-,34?;;/m11../s1. The first-order chi connectivity index (χ1) is 45.2. The molecular weight excluding hydrogens is 1240 g/mol. The van der Waals surface area contributed by atoms with Crippen molar-refractivity contribution in [3.63, 3.8) is 0 Å². The fourth-order valence-electron chi connectivity index (χ4n) is 15.1. The normalized spacial score (nSPS) is 23.8. The highest BCUT2D eigenvalue weighted by molar-refractivity contribution is 6.40. The zero-order valence-corrected chi connectivity index (χ0v) is 50.2. The number of ether oxygens (including phenoxy) is 4. The molecule has 4 saturated heterocycles. The largest absolute Gasteiger partial charge is 0.388 e. The van der Waals surface area contributed by atoms with E-state index >= 15 is 4.39 Å². The number of hydrogen-bond acceptors (Lipinski definition) is 13. The molecule has 3 unspecified atom stereocenters. The molecule has 4 fully saturated rings. The molecule has 18 rings (SSSR count). The molecule has 492 valence electrons. The van der Waals surface area contributed by atoms with Crippen molar-refractivity contribution in [3.8, 4) is 0 Å². The van der Waals surface area contributed by atoms with Crippen LogP contribution in [0.25, 0.3) is 87.2 Å². The Morgan fingerprint density at radius 3 is 1.54 bits per heavy atom. The van der Waals surface area contributed by atoms with Gasteiger partial charge in [0.25, 0.3) is 23.6 Å². The van der Waals surface area contributed by atoms with E-state index in [1.165, 1.54) is 71.6 Å². The third-order valence-electron chi connectivity index (χ3n) is 19.5. The Balaban J connectivity index is 0.000000154. The van der Waals surface area contributed by atoms with Gasteiger partial charge in [-0.25, -0.2) is 17.6 Å². The SMILES string of the molecule is C.C.CC(C)(C)c1ccc(CN2C(=O)c3c(c4c5cc(F)ccc5n([C@@H]5OC6COC([C@@H]6O)[C@H]5O)c4c4[nH]c5ccc(F)cc5c34)C2=O)cc1.O=C1c2c(c3c4cc(F)ccc4n(C4O[C@H]5[C@H](OC[C@H]5O)[C@H]4O)c3c3[nH]c4ccc(F)cc4c23)C(=O)N1OCCc1ccccc1. The van der Waals surface area contributed by atoms with Gasteiger partial charge in [-0.3, -0.25) is 28.9 Å². The Morgan fingerprint density at radius 1 is 0.521 bits per heavy atom. The van der Waals surface area contributed by atoms with E-state index in [4.69, 9.17) is 23.8 Å². The van der Waals surface area contributed by atoms with Crippen molar-refractivity contribution in [2.45, 2.75) is 115 Å². The van der Waals surface area contributed by atoms with Gasteiger partial charge in [-0.1, -0.05) is 90.2 Å². The molecule has 0 saturated carbocycles. The molecule has 0 radical (unpaired) electrons. The lowest BCUT2D eigenvalue weighted by molar-refractivity contribution is -0.192. The molecule has 0 aliphatic carbocycles.